The predicted molar refractivity (Wildman–Crippen MR) is 102 cm³/mol. The highest BCUT2D eigenvalue weighted by Crippen LogP contribution is 2.34. The van der Waals surface area contributed by atoms with Gasteiger partial charge in [-0.25, -0.2) is 0 Å². The lowest BCUT2D eigenvalue weighted by atomic mass is 9.99. The van der Waals surface area contributed by atoms with Crippen LogP contribution in [0.4, 0.5) is 5.69 Å². The largest absolute Gasteiger partial charge is 0.493 e. The number of ether oxygens (including phenoxy) is 1. The highest BCUT2D eigenvalue weighted by atomic mass is 79.9. The molecule has 2 aromatic rings. The van der Waals surface area contributed by atoms with E-state index in [2.05, 4.69) is 21.2 Å². The number of para-hydroxylation sites is 2. The van der Waals surface area contributed by atoms with Gasteiger partial charge in [0.1, 0.15) is 5.75 Å². The smallest absolute Gasteiger partial charge is 0.227 e. The summed E-state index contributed by atoms with van der Waals surface area (Å²) in [4.78, 5) is 26.9. The van der Waals surface area contributed by atoms with Crippen molar-refractivity contribution in [1.29, 1.82) is 0 Å². The van der Waals surface area contributed by atoms with Gasteiger partial charge >= 0.3 is 0 Å². The molecular formula is C20H19BrN2O3. The maximum Gasteiger partial charge on any atom is 0.227 e. The summed E-state index contributed by atoms with van der Waals surface area (Å²) in [6, 6.07) is 15.3. The monoisotopic (exact) mass is 414 g/mol. The average molecular weight is 415 g/mol. The van der Waals surface area contributed by atoms with Crippen LogP contribution >= 0.6 is 15.9 Å². The summed E-state index contributed by atoms with van der Waals surface area (Å²) >= 11 is 3.48. The van der Waals surface area contributed by atoms with Gasteiger partial charge in [-0.3, -0.25) is 9.59 Å². The second-order valence-corrected chi connectivity index (χ2v) is 7.45. The van der Waals surface area contributed by atoms with Crippen LogP contribution in [-0.4, -0.2) is 25.0 Å². The van der Waals surface area contributed by atoms with Gasteiger partial charge in [0.2, 0.25) is 11.8 Å². The number of benzene rings is 2. The lowest BCUT2D eigenvalue weighted by molar-refractivity contribution is -0.127. The molecule has 0 aromatic heterocycles. The van der Waals surface area contributed by atoms with E-state index in [-0.39, 0.29) is 30.2 Å². The summed E-state index contributed by atoms with van der Waals surface area (Å²) in [6.07, 6.45) is 0.968. The van der Waals surface area contributed by atoms with Crippen LogP contribution in [0.2, 0.25) is 0 Å². The Bertz CT molecular complexity index is 854. The van der Waals surface area contributed by atoms with Gasteiger partial charge in [0, 0.05) is 29.4 Å². The molecule has 5 nitrogen and oxygen atoms in total. The summed E-state index contributed by atoms with van der Waals surface area (Å²) in [6.45, 7) is 0.979. The fourth-order valence-electron chi connectivity index (χ4n) is 3.57. The molecular weight excluding hydrogens is 396 g/mol. The molecule has 0 bridgehead atoms. The molecule has 0 spiro atoms. The third-order valence-electron chi connectivity index (χ3n) is 4.91. The van der Waals surface area contributed by atoms with Crippen LogP contribution in [-0.2, 0) is 9.59 Å². The highest BCUT2D eigenvalue weighted by Gasteiger charge is 2.37. The van der Waals surface area contributed by atoms with E-state index < -0.39 is 0 Å². The van der Waals surface area contributed by atoms with Crippen molar-refractivity contribution in [3.05, 3.63) is 58.6 Å². The van der Waals surface area contributed by atoms with Crippen molar-refractivity contribution in [2.45, 2.75) is 18.9 Å². The van der Waals surface area contributed by atoms with Crippen molar-refractivity contribution in [3.8, 4) is 5.75 Å². The Hall–Kier alpha value is -2.34. The van der Waals surface area contributed by atoms with E-state index in [1.54, 1.807) is 4.90 Å². The van der Waals surface area contributed by atoms with E-state index >= 15 is 0 Å². The van der Waals surface area contributed by atoms with Crippen molar-refractivity contribution in [1.82, 2.24) is 5.32 Å². The second kappa shape index (κ2) is 7.11. The molecule has 2 unspecified atom stereocenters. The Labute approximate surface area is 160 Å². The van der Waals surface area contributed by atoms with Gasteiger partial charge in [0.15, 0.2) is 0 Å². The third kappa shape index (κ3) is 3.21. The van der Waals surface area contributed by atoms with Crippen molar-refractivity contribution in [3.63, 3.8) is 0 Å². The van der Waals surface area contributed by atoms with Crippen LogP contribution in [0, 0.1) is 5.92 Å². The first-order chi connectivity index (χ1) is 12.6. The number of halogens is 1. The molecule has 0 radical (unpaired) electrons. The van der Waals surface area contributed by atoms with Gasteiger partial charge in [-0.1, -0.05) is 30.3 Å². The molecule has 1 saturated heterocycles. The average Bonchev–Trinajstić information content (AvgIpc) is 3.04. The van der Waals surface area contributed by atoms with Gasteiger partial charge in [0.05, 0.1) is 24.3 Å². The Morgan fingerprint density at radius 1 is 1.15 bits per heavy atom. The normalized spacial score (nSPS) is 21.9. The van der Waals surface area contributed by atoms with Crippen molar-refractivity contribution in [2.75, 3.05) is 18.1 Å². The van der Waals surface area contributed by atoms with Gasteiger partial charge in [0.25, 0.3) is 0 Å². The quantitative estimate of drug-likeness (QED) is 0.836. The minimum Gasteiger partial charge on any atom is -0.493 e. The van der Waals surface area contributed by atoms with E-state index in [0.29, 0.717) is 13.2 Å². The Balaban J connectivity index is 1.47. The van der Waals surface area contributed by atoms with E-state index in [4.69, 9.17) is 4.74 Å². The molecule has 2 aromatic carbocycles. The SMILES string of the molecule is O=C(NC1CCOc2ccccc21)C1CC(=O)N(c2ccccc2Br)C1. The zero-order valence-corrected chi connectivity index (χ0v) is 15.7. The molecule has 2 atom stereocenters. The summed E-state index contributed by atoms with van der Waals surface area (Å²) in [5, 5.41) is 3.11. The maximum atomic E-state index is 12.8. The Kier molecular flexibility index (Phi) is 4.68. The Morgan fingerprint density at radius 2 is 1.92 bits per heavy atom. The van der Waals surface area contributed by atoms with Gasteiger partial charge in [-0.05, 0) is 34.1 Å². The first-order valence-corrected chi connectivity index (χ1v) is 9.50. The molecule has 4 rings (SSSR count). The number of fused-ring (bicyclic) bond motifs is 1. The number of nitrogens with zero attached hydrogens (tertiary/aromatic N) is 1. The van der Waals surface area contributed by atoms with E-state index in [1.807, 2.05) is 48.5 Å². The van der Waals surface area contributed by atoms with Crippen LogP contribution < -0.4 is 15.0 Å². The molecule has 0 aliphatic carbocycles. The number of anilines is 1. The Morgan fingerprint density at radius 3 is 2.77 bits per heavy atom. The number of hydrogen-bond acceptors (Lipinski definition) is 3. The van der Waals surface area contributed by atoms with Crippen LogP contribution in [0.5, 0.6) is 5.75 Å². The van der Waals surface area contributed by atoms with Crippen LogP contribution in [0.3, 0.4) is 0 Å². The molecule has 2 aliphatic rings. The number of nitrogens with one attached hydrogen (secondary N) is 1. The summed E-state index contributed by atoms with van der Waals surface area (Å²) < 4.78 is 6.50. The summed E-state index contributed by atoms with van der Waals surface area (Å²) in [5.41, 5.74) is 1.81. The number of carbonyl (C=O) groups is 2. The number of rotatable bonds is 3. The minimum absolute atomic E-state index is 0.0237. The molecule has 2 heterocycles. The van der Waals surface area contributed by atoms with Crippen molar-refractivity contribution < 1.29 is 14.3 Å². The van der Waals surface area contributed by atoms with E-state index in [0.717, 1.165) is 27.9 Å². The second-order valence-electron chi connectivity index (χ2n) is 6.59. The summed E-state index contributed by atoms with van der Waals surface area (Å²) in [5.74, 6) is 0.380. The van der Waals surface area contributed by atoms with Crippen LogP contribution in [0.1, 0.15) is 24.4 Å². The standard InChI is InChI=1S/C20H19BrN2O3/c21-15-6-2-3-7-17(15)23-12-13(11-19(23)24)20(25)22-16-9-10-26-18-8-4-1-5-14(16)18/h1-8,13,16H,9-12H2,(H,22,25). The molecule has 1 N–H and O–H groups in total. The fraction of sp³-hybridized carbons (Fsp3) is 0.300. The molecule has 2 amide bonds. The van der Waals surface area contributed by atoms with Crippen LogP contribution in [0.15, 0.2) is 53.0 Å². The molecule has 0 saturated carbocycles. The number of carbonyl (C=O) groups excluding carboxylic acids is 2. The van der Waals surface area contributed by atoms with Gasteiger partial charge in [-0.15, -0.1) is 0 Å². The van der Waals surface area contributed by atoms with Crippen LogP contribution in [0.25, 0.3) is 0 Å². The van der Waals surface area contributed by atoms with E-state index in [9.17, 15) is 9.59 Å². The van der Waals surface area contributed by atoms with Crippen molar-refractivity contribution in [2.24, 2.45) is 5.92 Å². The predicted octanol–water partition coefficient (Wildman–Crippen LogP) is 3.44. The van der Waals surface area contributed by atoms with Gasteiger partial charge in [-0.2, -0.15) is 0 Å². The molecule has 26 heavy (non-hydrogen) atoms. The summed E-state index contributed by atoms with van der Waals surface area (Å²) in [7, 11) is 0. The molecule has 1 fully saturated rings. The first kappa shape index (κ1) is 17.1. The minimum atomic E-state index is -0.343. The van der Waals surface area contributed by atoms with E-state index in [1.165, 1.54) is 0 Å². The molecule has 134 valence electrons. The zero-order valence-electron chi connectivity index (χ0n) is 14.2. The molecule has 6 heteroatoms. The fourth-order valence-corrected chi connectivity index (χ4v) is 4.07. The van der Waals surface area contributed by atoms with Gasteiger partial charge < -0.3 is 15.0 Å². The highest BCUT2D eigenvalue weighted by molar-refractivity contribution is 9.10. The molecule has 2 aliphatic heterocycles. The van der Waals surface area contributed by atoms with Crippen molar-refractivity contribution >= 4 is 33.4 Å². The number of hydrogen-bond donors (Lipinski definition) is 1. The zero-order chi connectivity index (χ0) is 18.1. The number of amides is 2. The maximum absolute atomic E-state index is 12.8. The lowest BCUT2D eigenvalue weighted by Gasteiger charge is -2.27. The topological polar surface area (TPSA) is 58.6 Å². The third-order valence-corrected chi connectivity index (χ3v) is 5.58. The first-order valence-electron chi connectivity index (χ1n) is 8.70. The lowest BCUT2D eigenvalue weighted by Crippen LogP contribution is -2.37.